The van der Waals surface area contributed by atoms with Crippen molar-refractivity contribution in [1.29, 1.82) is 0 Å². The molecule has 0 unspecified atom stereocenters. The molecule has 0 saturated carbocycles. The third-order valence-electron chi connectivity index (χ3n) is 3.02. The zero-order valence-electron chi connectivity index (χ0n) is 9.30. The fourth-order valence-electron chi connectivity index (χ4n) is 2.19. The first-order chi connectivity index (χ1) is 8.36. The lowest BCUT2D eigenvalue weighted by molar-refractivity contribution is -0.105. The lowest BCUT2D eigenvalue weighted by Gasteiger charge is -2.13. The number of hydrogen-bond acceptors (Lipinski definition) is 4. The number of carbonyl (C=O) groups is 1. The third kappa shape index (κ3) is 2.02. The summed E-state index contributed by atoms with van der Waals surface area (Å²) in [6.07, 6.45) is 0.702. The van der Waals surface area contributed by atoms with Gasteiger partial charge >= 0.3 is 0 Å². The van der Waals surface area contributed by atoms with E-state index in [1.165, 1.54) is 10.7 Å². The van der Waals surface area contributed by atoms with Crippen LogP contribution in [0.15, 0.2) is 29.3 Å². The monoisotopic (exact) mass is 247 g/mol. The van der Waals surface area contributed by atoms with Crippen LogP contribution >= 0.6 is 11.8 Å². The number of nitrogens with zero attached hydrogens (tertiary/aromatic N) is 2. The van der Waals surface area contributed by atoms with Gasteiger partial charge in [-0.05, 0) is 17.7 Å². The number of thioether (sulfide) groups is 1. The van der Waals surface area contributed by atoms with Gasteiger partial charge in [-0.25, -0.2) is 0 Å². The SMILES string of the molecule is O=CNc1cccc([C@H]2CN3CCSC3=N2)c1. The van der Waals surface area contributed by atoms with Crippen LogP contribution < -0.4 is 5.32 Å². The van der Waals surface area contributed by atoms with E-state index in [2.05, 4.69) is 16.3 Å². The number of nitrogens with one attached hydrogen (secondary N) is 1. The van der Waals surface area contributed by atoms with E-state index < -0.39 is 0 Å². The van der Waals surface area contributed by atoms with Gasteiger partial charge in [-0.2, -0.15) is 0 Å². The fraction of sp³-hybridized carbons (Fsp3) is 0.333. The molecule has 2 aliphatic rings. The quantitative estimate of drug-likeness (QED) is 0.827. The van der Waals surface area contributed by atoms with E-state index >= 15 is 0 Å². The number of amidine groups is 1. The molecule has 0 spiro atoms. The number of rotatable bonds is 3. The van der Waals surface area contributed by atoms with Gasteiger partial charge < -0.3 is 10.2 Å². The Morgan fingerprint density at radius 3 is 3.29 bits per heavy atom. The van der Waals surface area contributed by atoms with Crippen molar-refractivity contribution < 1.29 is 4.79 Å². The Morgan fingerprint density at radius 2 is 2.47 bits per heavy atom. The number of hydrogen-bond donors (Lipinski definition) is 1. The van der Waals surface area contributed by atoms with Gasteiger partial charge in [0.05, 0.1) is 6.04 Å². The molecule has 1 fully saturated rings. The molecule has 1 atom stereocenters. The van der Waals surface area contributed by atoms with Gasteiger partial charge in [0.1, 0.15) is 0 Å². The summed E-state index contributed by atoms with van der Waals surface area (Å²) in [4.78, 5) is 17.5. The van der Waals surface area contributed by atoms with Crippen molar-refractivity contribution in [1.82, 2.24) is 4.90 Å². The van der Waals surface area contributed by atoms with Crippen LogP contribution in [0, 0.1) is 0 Å². The molecule has 5 heteroatoms. The van der Waals surface area contributed by atoms with Crippen LogP contribution in [-0.4, -0.2) is 35.3 Å². The van der Waals surface area contributed by atoms with Gasteiger partial charge in [-0.1, -0.05) is 23.9 Å². The van der Waals surface area contributed by atoms with E-state index in [9.17, 15) is 4.79 Å². The van der Waals surface area contributed by atoms with Crippen LogP contribution in [0.25, 0.3) is 0 Å². The molecule has 0 aliphatic carbocycles. The second kappa shape index (κ2) is 4.41. The second-order valence-electron chi connectivity index (χ2n) is 4.11. The predicted octanol–water partition coefficient (Wildman–Crippen LogP) is 1.71. The Morgan fingerprint density at radius 1 is 1.53 bits per heavy atom. The van der Waals surface area contributed by atoms with E-state index in [1.54, 1.807) is 0 Å². The van der Waals surface area contributed by atoms with Crippen LogP contribution in [0.2, 0.25) is 0 Å². The molecule has 3 rings (SSSR count). The van der Waals surface area contributed by atoms with Crippen LogP contribution in [0.3, 0.4) is 0 Å². The Labute approximate surface area is 104 Å². The average Bonchev–Trinajstić information content (AvgIpc) is 2.89. The minimum Gasteiger partial charge on any atom is -0.348 e. The summed E-state index contributed by atoms with van der Waals surface area (Å²) < 4.78 is 0. The molecule has 1 saturated heterocycles. The third-order valence-corrected chi connectivity index (χ3v) is 4.03. The molecule has 1 aromatic rings. The van der Waals surface area contributed by atoms with E-state index in [4.69, 9.17) is 4.99 Å². The van der Waals surface area contributed by atoms with Crippen molar-refractivity contribution >= 4 is 29.0 Å². The lowest BCUT2D eigenvalue weighted by atomic mass is 10.1. The van der Waals surface area contributed by atoms with Crippen LogP contribution in [0.4, 0.5) is 5.69 Å². The summed E-state index contributed by atoms with van der Waals surface area (Å²) in [5.41, 5.74) is 2.00. The summed E-state index contributed by atoms with van der Waals surface area (Å²) in [6.45, 7) is 2.07. The largest absolute Gasteiger partial charge is 0.348 e. The summed E-state index contributed by atoms with van der Waals surface area (Å²) in [6, 6.07) is 8.12. The highest BCUT2D eigenvalue weighted by atomic mass is 32.2. The van der Waals surface area contributed by atoms with Crippen molar-refractivity contribution in [2.45, 2.75) is 6.04 Å². The average molecular weight is 247 g/mol. The zero-order chi connectivity index (χ0) is 11.7. The highest BCUT2D eigenvalue weighted by molar-refractivity contribution is 8.14. The molecule has 88 valence electrons. The predicted molar refractivity (Wildman–Crippen MR) is 70.3 cm³/mol. The van der Waals surface area contributed by atoms with E-state index in [-0.39, 0.29) is 6.04 Å². The number of benzene rings is 1. The molecule has 1 amide bonds. The molecule has 1 aromatic carbocycles. The van der Waals surface area contributed by atoms with Gasteiger partial charge in [0, 0.05) is 24.5 Å². The normalized spacial score (nSPS) is 22.2. The lowest BCUT2D eigenvalue weighted by Crippen LogP contribution is -2.21. The molecule has 1 N–H and O–H groups in total. The first-order valence-electron chi connectivity index (χ1n) is 5.62. The Balaban J connectivity index is 1.83. The van der Waals surface area contributed by atoms with Gasteiger partial charge in [-0.15, -0.1) is 0 Å². The Bertz CT molecular complexity index is 475. The number of aliphatic imine (C=N–C) groups is 1. The molecule has 2 aliphatic heterocycles. The summed E-state index contributed by atoms with van der Waals surface area (Å²) in [5, 5.41) is 3.84. The van der Waals surface area contributed by atoms with Crippen molar-refractivity contribution in [3.63, 3.8) is 0 Å². The highest BCUT2D eigenvalue weighted by Crippen LogP contribution is 2.32. The summed E-state index contributed by atoms with van der Waals surface area (Å²) in [7, 11) is 0. The maximum atomic E-state index is 10.4. The van der Waals surface area contributed by atoms with Gasteiger partial charge in [0.25, 0.3) is 0 Å². The molecular formula is C12H13N3OS. The molecule has 17 heavy (non-hydrogen) atoms. The number of anilines is 1. The smallest absolute Gasteiger partial charge is 0.211 e. The van der Waals surface area contributed by atoms with Gasteiger partial charge in [0.2, 0.25) is 6.41 Å². The van der Waals surface area contributed by atoms with Crippen molar-refractivity contribution in [2.75, 3.05) is 24.2 Å². The Kier molecular flexibility index (Phi) is 2.76. The molecule has 4 nitrogen and oxygen atoms in total. The minimum absolute atomic E-state index is 0.214. The molecule has 0 bridgehead atoms. The molecule has 0 aromatic heterocycles. The molecule has 0 radical (unpaired) electrons. The van der Waals surface area contributed by atoms with Crippen molar-refractivity contribution in [2.24, 2.45) is 4.99 Å². The maximum Gasteiger partial charge on any atom is 0.211 e. The van der Waals surface area contributed by atoms with Crippen LogP contribution in [0.5, 0.6) is 0 Å². The minimum atomic E-state index is 0.214. The van der Waals surface area contributed by atoms with Crippen molar-refractivity contribution in [3.8, 4) is 0 Å². The topological polar surface area (TPSA) is 44.7 Å². The Hall–Kier alpha value is -1.49. The van der Waals surface area contributed by atoms with E-state index in [1.807, 2.05) is 30.0 Å². The van der Waals surface area contributed by atoms with E-state index in [0.717, 1.165) is 24.5 Å². The number of carbonyl (C=O) groups excluding carboxylic acids is 1. The summed E-state index contributed by atoms with van der Waals surface area (Å²) in [5.74, 6) is 1.15. The second-order valence-corrected chi connectivity index (χ2v) is 5.17. The van der Waals surface area contributed by atoms with E-state index in [0.29, 0.717) is 6.41 Å². The molecular weight excluding hydrogens is 234 g/mol. The van der Waals surface area contributed by atoms with Gasteiger partial charge in [-0.3, -0.25) is 9.79 Å². The maximum absolute atomic E-state index is 10.4. The first kappa shape index (κ1) is 10.7. The number of amides is 1. The zero-order valence-corrected chi connectivity index (χ0v) is 10.1. The highest BCUT2D eigenvalue weighted by Gasteiger charge is 2.30. The standard InChI is InChI=1S/C12H13N3OS/c16-8-13-10-3-1-2-9(6-10)11-7-15-4-5-17-12(15)14-11/h1-3,6,8,11H,4-5,7H2,(H,13,16)/t11-/m1/s1. The summed E-state index contributed by atoms with van der Waals surface area (Å²) >= 11 is 1.83. The fourth-order valence-corrected chi connectivity index (χ4v) is 3.23. The number of fused-ring (bicyclic) bond motifs is 1. The molecule has 2 heterocycles. The van der Waals surface area contributed by atoms with Crippen LogP contribution in [0.1, 0.15) is 11.6 Å². The van der Waals surface area contributed by atoms with Gasteiger partial charge in [0.15, 0.2) is 5.17 Å². The van der Waals surface area contributed by atoms with Crippen molar-refractivity contribution in [3.05, 3.63) is 29.8 Å². The van der Waals surface area contributed by atoms with Crippen LogP contribution in [-0.2, 0) is 4.79 Å². The first-order valence-corrected chi connectivity index (χ1v) is 6.61.